The maximum Gasteiger partial charge on any atom is 0.303 e. The van der Waals surface area contributed by atoms with Crippen LogP contribution in [0.3, 0.4) is 0 Å². The van der Waals surface area contributed by atoms with Crippen LogP contribution in [0.2, 0.25) is 0 Å². The van der Waals surface area contributed by atoms with Crippen molar-refractivity contribution in [3.05, 3.63) is 90.1 Å². The number of unbranched alkanes of at least 4 members (excludes halogenated alkanes) is 13. The highest BCUT2D eigenvalue weighted by Gasteiger charge is 2.43. The number of benzene rings is 2. The van der Waals surface area contributed by atoms with Gasteiger partial charge in [0.2, 0.25) is 59.1 Å². The number of aromatic amines is 2. The Bertz CT molecular complexity index is 4150. The molecule has 2 fully saturated rings. The molecule has 0 spiro atoms. The van der Waals surface area contributed by atoms with Crippen LogP contribution in [0.15, 0.2) is 78.3 Å². The number of fused-ring (bicyclic) bond motifs is 2. The Hall–Kier alpha value is -9.97. The summed E-state index contributed by atoms with van der Waals surface area (Å²) in [5, 5.41) is 144. The first-order valence-corrected chi connectivity index (χ1v) is 47.4. The number of carboxylic acid groups (broad SMARTS) is 1. The van der Waals surface area contributed by atoms with Gasteiger partial charge >= 0.3 is 5.97 Å². The number of para-hydroxylation sites is 1. The quantitative estimate of drug-likeness (QED) is 0.00962. The predicted molar refractivity (Wildman–Crippen MR) is 501 cm³/mol. The van der Waals surface area contributed by atoms with Crippen LogP contribution in [0.25, 0.3) is 10.9 Å². The van der Waals surface area contributed by atoms with E-state index in [1.807, 2.05) is 31.2 Å². The largest absolute Gasteiger partial charge is 0.481 e. The third kappa shape index (κ3) is 43.4. The third-order valence-corrected chi connectivity index (χ3v) is 23.8. The van der Waals surface area contributed by atoms with Gasteiger partial charge in [-0.3, -0.25) is 84.3 Å². The molecule has 4 aromatic rings. The zero-order valence-corrected chi connectivity index (χ0v) is 78.3. The lowest BCUT2D eigenvalue weighted by atomic mass is 10.0. The van der Waals surface area contributed by atoms with Gasteiger partial charge in [-0.25, -0.2) is 4.98 Å². The number of aromatic nitrogens is 3. The van der Waals surface area contributed by atoms with Gasteiger partial charge < -0.3 is 131 Å². The van der Waals surface area contributed by atoms with Crippen molar-refractivity contribution in [1.82, 2.24) is 89.0 Å². The Morgan fingerprint density at radius 1 is 0.649 bits per heavy atom. The number of imidazole rings is 1. The highest BCUT2D eigenvalue weighted by Crippen LogP contribution is 2.26. The number of guanidine groups is 1. The van der Waals surface area contributed by atoms with Crippen molar-refractivity contribution >= 4 is 81.9 Å². The summed E-state index contributed by atoms with van der Waals surface area (Å²) >= 11 is 0. The molecule has 6 rings (SSSR count). The highest BCUT2D eigenvalue weighted by molar-refractivity contribution is 5.95. The van der Waals surface area contributed by atoms with Crippen LogP contribution >= 0.6 is 0 Å². The fourth-order valence-corrected chi connectivity index (χ4v) is 16.0. The standard InChI is InChI=1S/C48H91N11O13.C43H63N11O8/c1-5-7-9-10-11-12-13-14-15-16-17-18-19-21-39(63)54-34(23-25-41(65)66)44(68)52-28-40(64)59-42(31(3)61)48(72)56-35(22-24-38(49)62)45(69)57-36(26-32-27-51-30-53-32)46(70)58-37(29-60)47(71)55-33(20-8-6-2)43(67)50-4;1-25-16-17-36(56)47-18-8-7-14-31(37(44)57)50-40(60)34(21-27-23-49-30-13-6-5-12-29(27)30)52-38(58)32(15-9-19-48-43(45)46)51-39(59)33(20-26-10-3-2-4-11-26)53-41(61)35-22-28(55)24-54(35)42(25)62/h27,30-31,33-37,40,42,45-47,55,57-61,64,69-71H,5-26,28-29H2,1-4H3,(H2,49,62)(H,50,67)(H,51,53)(H,52,68)(H,54,63)(H,56,72)(H,65,66);2-6,10-13,23,25,28,31-35,37,40,49-50,55,57,60H,7-9,14-22,24,44H2,1H3,(H,47,56)(H,51,59)(H,52,58)(H,53,61)(H4,45,46,48)/t31-,33-,34-,35-,36-,37-,40+,42-,45-,46-,47-;25-,28+,31-,32-,33+,34-,35-,37-,40-/m00/s1. The molecule has 2 aromatic heterocycles. The summed E-state index contributed by atoms with van der Waals surface area (Å²) in [7, 11) is 1.44. The summed E-state index contributed by atoms with van der Waals surface area (Å²) in [6, 6.07) is 3.71. The number of aliphatic imine (C=N–C) groups is 1. The van der Waals surface area contributed by atoms with E-state index in [0.717, 1.165) is 48.6 Å². The third-order valence-electron chi connectivity index (χ3n) is 23.8. The van der Waals surface area contributed by atoms with Crippen LogP contribution in [0, 0.1) is 5.92 Å². The van der Waals surface area contributed by atoms with Crippen molar-refractivity contribution < 1.29 is 104 Å². The number of aliphatic hydroxyl groups excluding tert-OH is 9. The number of amides is 10. The van der Waals surface area contributed by atoms with Gasteiger partial charge in [0.25, 0.3) is 0 Å². The molecule has 10 amide bonds. The van der Waals surface area contributed by atoms with E-state index >= 15 is 0 Å². The lowest BCUT2D eigenvalue weighted by Gasteiger charge is -2.35. The van der Waals surface area contributed by atoms with Gasteiger partial charge in [-0.15, -0.1) is 0 Å². The lowest BCUT2D eigenvalue weighted by Crippen LogP contribution is -2.64. The minimum atomic E-state index is -1.75. The predicted octanol–water partition coefficient (Wildman–Crippen LogP) is -2.24. The molecule has 0 aliphatic carbocycles. The number of nitrogens with one attached hydrogen (secondary N) is 15. The average Bonchev–Trinajstić information content (AvgIpc) is 1.67. The number of nitrogens with two attached hydrogens (primary N) is 4. The Balaban J connectivity index is 0.000000478. The van der Waals surface area contributed by atoms with Gasteiger partial charge in [-0.05, 0) is 94.7 Å². The number of H-pyrrole nitrogens is 2. The van der Waals surface area contributed by atoms with Crippen LogP contribution in [0.1, 0.15) is 231 Å². The van der Waals surface area contributed by atoms with Gasteiger partial charge in [0.05, 0.1) is 61.9 Å². The second-order valence-corrected chi connectivity index (χ2v) is 35.0. The molecule has 0 bridgehead atoms. The molecule has 2 aliphatic heterocycles. The number of aliphatic hydroxyl groups is 9. The maximum atomic E-state index is 14.4. The fraction of sp³-hybridized carbons (Fsp3) is 0.681. The molecule has 2 aliphatic rings. The Labute approximate surface area is 784 Å². The summed E-state index contributed by atoms with van der Waals surface area (Å²) in [6.07, 6.45) is 9.99. The minimum absolute atomic E-state index is 0.0180. The van der Waals surface area contributed by atoms with Crippen molar-refractivity contribution in [3.8, 4) is 0 Å². The van der Waals surface area contributed by atoms with E-state index < -0.39 is 201 Å². The second kappa shape index (κ2) is 63.4. The van der Waals surface area contributed by atoms with Crippen LogP contribution in [0.5, 0.6) is 0 Å². The molecular weight excluding hydrogens is 1740 g/mol. The number of carboxylic acids is 1. The number of hydrogen-bond donors (Lipinski definition) is 29. The summed E-state index contributed by atoms with van der Waals surface area (Å²) < 4.78 is 0. The van der Waals surface area contributed by atoms with Crippen molar-refractivity contribution in [2.24, 2.45) is 33.8 Å². The molecule has 134 heavy (non-hydrogen) atoms. The molecule has 0 unspecified atom stereocenters. The number of hydrogen-bond acceptors (Lipinski definition) is 28. The number of primary amides is 1. The molecule has 4 heterocycles. The number of rotatable bonds is 54. The van der Waals surface area contributed by atoms with E-state index in [1.165, 1.54) is 82.8 Å². The zero-order chi connectivity index (χ0) is 98.6. The van der Waals surface area contributed by atoms with Gasteiger partial charge in [0.15, 0.2) is 5.96 Å². The summed E-state index contributed by atoms with van der Waals surface area (Å²) in [5.74, 6) is -8.04. The van der Waals surface area contributed by atoms with E-state index in [-0.39, 0.29) is 102 Å². The van der Waals surface area contributed by atoms with Gasteiger partial charge in [-0.2, -0.15) is 0 Å². The molecule has 2 aromatic carbocycles. The number of carbonyl (C=O) groups is 11. The summed E-state index contributed by atoms with van der Waals surface area (Å²) in [6.45, 7) is 6.14. The molecule has 0 saturated carbocycles. The number of likely N-dealkylation sites (N-methyl/N-ethyl adjacent to an activating group) is 1. The summed E-state index contributed by atoms with van der Waals surface area (Å²) in [4.78, 5) is 160. The number of carbonyl (C=O) groups excluding carboxylic acids is 10. The molecular formula is C91H154N22O21. The number of nitrogens with zero attached hydrogens (tertiary/aromatic N) is 3. The van der Waals surface area contributed by atoms with Gasteiger partial charge in [0, 0.05) is 113 Å². The van der Waals surface area contributed by atoms with Crippen molar-refractivity contribution in [1.29, 1.82) is 0 Å². The van der Waals surface area contributed by atoms with E-state index in [0.29, 0.717) is 56.3 Å². The van der Waals surface area contributed by atoms with E-state index in [9.17, 15) is 104 Å². The number of aliphatic carboxylic acids is 1. The van der Waals surface area contributed by atoms with Crippen molar-refractivity contribution in [2.75, 3.05) is 39.8 Å². The van der Waals surface area contributed by atoms with Gasteiger partial charge in [-0.1, -0.05) is 159 Å². The SMILES string of the molecule is CCCCCCCCCCCCCCCC(=O)N[C@@H](CCC(=O)O)C(=O)NC[C@@H](O)N[C@H](C(=O)N[C@@H](CCC(N)=O)[C@H](O)N[C@@H](Cc1cnc[nH]1)[C@H](O)N[C@@H](CO)[C@H](O)N[C@@H](CCCC)C(=O)NC)[C@H](C)O.C[C@H]1CCC(=O)NCCCC[C@@H]([C@@H](N)O)N[C@@H](O)[C@H](Cc2c[nH]c3ccccc23)NC(=O)[C@H](CCCN=C(N)N)NC(=O)[C@@H](Cc2ccccc2)NC(=O)[C@@H]2C[C@@H](O)CN2C1=O. The molecule has 33 N–H and O–H groups in total. The topological polar surface area (TPSA) is 711 Å². The Kier molecular flexibility index (Phi) is 54.2. The van der Waals surface area contributed by atoms with Crippen molar-refractivity contribution in [2.45, 2.75) is 349 Å². The van der Waals surface area contributed by atoms with Crippen LogP contribution in [-0.4, -0.2) is 298 Å². The summed E-state index contributed by atoms with van der Waals surface area (Å²) in [5.41, 5.74) is 25.3. The first-order chi connectivity index (χ1) is 64.1. The fourth-order valence-electron chi connectivity index (χ4n) is 16.0. The molecule has 0 radical (unpaired) electrons. The lowest BCUT2D eigenvalue weighted by molar-refractivity contribution is -0.142. The van der Waals surface area contributed by atoms with Crippen molar-refractivity contribution in [3.63, 3.8) is 0 Å². The molecule has 20 atom stereocenters. The van der Waals surface area contributed by atoms with Crippen LogP contribution in [0.4, 0.5) is 0 Å². The van der Waals surface area contributed by atoms with Crippen LogP contribution in [-0.2, 0) is 72.0 Å². The van der Waals surface area contributed by atoms with E-state index in [4.69, 9.17) is 22.9 Å². The van der Waals surface area contributed by atoms with E-state index in [2.05, 4.69) is 96.0 Å². The maximum absolute atomic E-state index is 14.4. The first kappa shape index (κ1) is 115. The highest BCUT2D eigenvalue weighted by atomic mass is 16.4. The monoisotopic (exact) mass is 1890 g/mol. The Morgan fingerprint density at radius 2 is 1.28 bits per heavy atom. The normalized spacial score (nSPS) is 21.3. The second-order valence-electron chi connectivity index (χ2n) is 35.0. The molecule has 43 nitrogen and oxygen atoms in total. The molecule has 2 saturated heterocycles. The smallest absolute Gasteiger partial charge is 0.303 e. The van der Waals surface area contributed by atoms with Gasteiger partial charge in [0.1, 0.15) is 67.6 Å². The zero-order valence-electron chi connectivity index (χ0n) is 78.3. The minimum Gasteiger partial charge on any atom is -0.481 e. The first-order valence-electron chi connectivity index (χ1n) is 47.4. The Morgan fingerprint density at radius 3 is 1.91 bits per heavy atom. The molecule has 43 heteroatoms. The van der Waals surface area contributed by atoms with Crippen LogP contribution < -0.4 is 92.1 Å². The van der Waals surface area contributed by atoms with E-state index in [1.54, 1.807) is 43.5 Å². The molecule has 754 valence electrons. The average molecular weight is 1890 g/mol.